The third-order valence-electron chi connectivity index (χ3n) is 2.25. The summed E-state index contributed by atoms with van der Waals surface area (Å²) in [6.45, 7) is 0.320. The molecule has 74 valence electrons. The van der Waals surface area contributed by atoms with E-state index in [9.17, 15) is 9.59 Å². The van der Waals surface area contributed by atoms with Crippen LogP contribution in [-0.2, 0) is 9.59 Å². The summed E-state index contributed by atoms with van der Waals surface area (Å²) in [4.78, 5) is 23.1. The molecule has 1 aliphatic rings. The molecule has 0 saturated heterocycles. The molecule has 0 aromatic rings. The zero-order valence-electron chi connectivity index (χ0n) is 7.82. The second-order valence-electron chi connectivity index (χ2n) is 3.61. The Morgan fingerprint density at radius 3 is 2.54 bits per heavy atom. The number of nitrogens with zero attached hydrogens (tertiary/aromatic N) is 1. The van der Waals surface area contributed by atoms with Crippen LogP contribution in [0.1, 0.15) is 25.7 Å². The van der Waals surface area contributed by atoms with Crippen molar-refractivity contribution in [3.05, 3.63) is 0 Å². The van der Waals surface area contributed by atoms with Crippen LogP contribution < -0.4 is 0 Å². The minimum Gasteiger partial charge on any atom is -0.481 e. The normalized spacial score (nSPS) is 15.5. The first-order valence-corrected chi connectivity index (χ1v) is 4.55. The number of carbonyl (C=O) groups is 2. The predicted octanol–water partition coefficient (Wildman–Crippen LogP) is 0.720. The van der Waals surface area contributed by atoms with Crippen LogP contribution in [-0.4, -0.2) is 35.5 Å². The van der Waals surface area contributed by atoms with Gasteiger partial charge in [-0.05, 0) is 18.8 Å². The second kappa shape index (κ2) is 4.25. The van der Waals surface area contributed by atoms with Gasteiger partial charge in [-0.1, -0.05) is 0 Å². The average molecular weight is 185 g/mol. The summed E-state index contributed by atoms with van der Waals surface area (Å²) in [6.07, 6.45) is 2.93. The Bertz CT molecular complexity index is 211. The molecule has 0 atom stereocenters. The van der Waals surface area contributed by atoms with Crippen LogP contribution in [0, 0.1) is 5.92 Å². The maximum Gasteiger partial charge on any atom is 0.305 e. The number of carboxylic acids is 1. The van der Waals surface area contributed by atoms with Gasteiger partial charge in [0.05, 0.1) is 6.42 Å². The SMILES string of the molecule is CN(CCC(=O)O)C(=O)CC1CC1. The monoisotopic (exact) mass is 185 g/mol. The summed E-state index contributed by atoms with van der Waals surface area (Å²) in [5.74, 6) is -0.213. The van der Waals surface area contributed by atoms with Crippen molar-refractivity contribution in [3.8, 4) is 0 Å². The summed E-state index contributed by atoms with van der Waals surface area (Å²) in [6, 6.07) is 0. The van der Waals surface area contributed by atoms with E-state index >= 15 is 0 Å². The summed E-state index contributed by atoms with van der Waals surface area (Å²) in [5, 5.41) is 8.40. The fourth-order valence-corrected chi connectivity index (χ4v) is 1.11. The molecule has 1 aliphatic carbocycles. The van der Waals surface area contributed by atoms with E-state index in [1.807, 2.05) is 0 Å². The maximum absolute atomic E-state index is 11.3. The molecule has 1 N–H and O–H groups in total. The molecule has 0 radical (unpaired) electrons. The lowest BCUT2D eigenvalue weighted by Gasteiger charge is -2.15. The smallest absolute Gasteiger partial charge is 0.305 e. The summed E-state index contributed by atoms with van der Waals surface area (Å²) < 4.78 is 0. The van der Waals surface area contributed by atoms with Crippen LogP contribution in [0.5, 0.6) is 0 Å². The minimum absolute atomic E-state index is 0.0346. The van der Waals surface area contributed by atoms with Gasteiger partial charge in [0, 0.05) is 20.0 Å². The van der Waals surface area contributed by atoms with Crippen molar-refractivity contribution in [1.29, 1.82) is 0 Å². The van der Waals surface area contributed by atoms with Crippen LogP contribution in [0.25, 0.3) is 0 Å². The number of carbonyl (C=O) groups excluding carboxylic acids is 1. The van der Waals surface area contributed by atoms with Crippen molar-refractivity contribution in [3.63, 3.8) is 0 Å². The Balaban J connectivity index is 2.16. The number of hydrogen-bond donors (Lipinski definition) is 1. The number of aliphatic carboxylic acids is 1. The van der Waals surface area contributed by atoms with Gasteiger partial charge >= 0.3 is 5.97 Å². The zero-order chi connectivity index (χ0) is 9.84. The first-order valence-electron chi connectivity index (χ1n) is 4.55. The van der Waals surface area contributed by atoms with E-state index in [4.69, 9.17) is 5.11 Å². The standard InChI is InChI=1S/C9H15NO3/c1-10(5-4-9(12)13)8(11)6-7-2-3-7/h7H,2-6H2,1H3,(H,12,13). The highest BCUT2D eigenvalue weighted by molar-refractivity contribution is 5.77. The minimum atomic E-state index is -0.855. The van der Waals surface area contributed by atoms with Gasteiger partial charge in [-0.15, -0.1) is 0 Å². The van der Waals surface area contributed by atoms with Gasteiger partial charge in [0.1, 0.15) is 0 Å². The first-order chi connectivity index (χ1) is 6.09. The Morgan fingerprint density at radius 2 is 2.08 bits per heavy atom. The lowest BCUT2D eigenvalue weighted by atomic mass is 10.2. The van der Waals surface area contributed by atoms with Gasteiger partial charge in [0.25, 0.3) is 0 Å². The number of carboxylic acid groups (broad SMARTS) is 1. The molecule has 1 saturated carbocycles. The maximum atomic E-state index is 11.3. The second-order valence-corrected chi connectivity index (χ2v) is 3.61. The van der Waals surface area contributed by atoms with Crippen LogP contribution in [0.4, 0.5) is 0 Å². The highest BCUT2D eigenvalue weighted by atomic mass is 16.4. The number of hydrogen-bond acceptors (Lipinski definition) is 2. The van der Waals surface area contributed by atoms with Crippen LogP contribution >= 0.6 is 0 Å². The fourth-order valence-electron chi connectivity index (χ4n) is 1.11. The highest BCUT2D eigenvalue weighted by Crippen LogP contribution is 2.32. The lowest BCUT2D eigenvalue weighted by Crippen LogP contribution is -2.29. The van der Waals surface area contributed by atoms with Gasteiger partial charge in [0.15, 0.2) is 0 Å². The van der Waals surface area contributed by atoms with E-state index in [1.165, 1.54) is 4.90 Å². The lowest BCUT2D eigenvalue weighted by molar-refractivity contribution is -0.138. The molecule has 0 aliphatic heterocycles. The molecule has 0 aromatic carbocycles. The van der Waals surface area contributed by atoms with E-state index in [2.05, 4.69) is 0 Å². The van der Waals surface area contributed by atoms with E-state index in [-0.39, 0.29) is 12.3 Å². The summed E-state index contributed by atoms with van der Waals surface area (Å²) >= 11 is 0. The van der Waals surface area contributed by atoms with E-state index in [1.54, 1.807) is 7.05 Å². The quantitative estimate of drug-likeness (QED) is 0.686. The molecule has 1 fully saturated rings. The van der Waals surface area contributed by atoms with Gasteiger partial charge in [0.2, 0.25) is 5.91 Å². The zero-order valence-corrected chi connectivity index (χ0v) is 7.82. The molecule has 0 bridgehead atoms. The largest absolute Gasteiger partial charge is 0.481 e. The van der Waals surface area contributed by atoms with Crippen molar-refractivity contribution in [1.82, 2.24) is 4.90 Å². The Labute approximate surface area is 77.5 Å². The van der Waals surface area contributed by atoms with E-state index in [0.29, 0.717) is 18.9 Å². The molecule has 4 heteroatoms. The molecule has 4 nitrogen and oxygen atoms in total. The van der Waals surface area contributed by atoms with Gasteiger partial charge in [-0.2, -0.15) is 0 Å². The molecular weight excluding hydrogens is 170 g/mol. The average Bonchev–Trinajstić information content (AvgIpc) is 2.83. The molecule has 1 rings (SSSR count). The Morgan fingerprint density at radius 1 is 1.46 bits per heavy atom. The third-order valence-corrected chi connectivity index (χ3v) is 2.25. The first kappa shape index (κ1) is 10.0. The Kier molecular flexibility index (Phi) is 3.28. The van der Waals surface area contributed by atoms with Crippen molar-refractivity contribution < 1.29 is 14.7 Å². The third kappa shape index (κ3) is 3.92. The molecular formula is C9H15NO3. The Hall–Kier alpha value is -1.06. The summed E-state index contributed by atoms with van der Waals surface area (Å²) in [5.41, 5.74) is 0. The predicted molar refractivity (Wildman–Crippen MR) is 47.2 cm³/mol. The topological polar surface area (TPSA) is 57.6 Å². The number of rotatable bonds is 5. The van der Waals surface area contributed by atoms with Gasteiger partial charge < -0.3 is 10.0 Å². The van der Waals surface area contributed by atoms with Crippen LogP contribution in [0.3, 0.4) is 0 Å². The van der Waals surface area contributed by atoms with Crippen molar-refractivity contribution in [2.45, 2.75) is 25.7 Å². The van der Waals surface area contributed by atoms with Crippen molar-refractivity contribution in [2.24, 2.45) is 5.92 Å². The highest BCUT2D eigenvalue weighted by Gasteiger charge is 2.25. The fraction of sp³-hybridized carbons (Fsp3) is 0.778. The van der Waals surface area contributed by atoms with Crippen LogP contribution in [0.15, 0.2) is 0 Å². The molecule has 0 unspecified atom stereocenters. The molecule has 0 aromatic heterocycles. The van der Waals surface area contributed by atoms with E-state index in [0.717, 1.165) is 12.8 Å². The van der Waals surface area contributed by atoms with Crippen molar-refractivity contribution >= 4 is 11.9 Å². The van der Waals surface area contributed by atoms with Gasteiger partial charge in [-0.3, -0.25) is 9.59 Å². The summed E-state index contributed by atoms with van der Waals surface area (Å²) in [7, 11) is 1.66. The molecule has 0 spiro atoms. The van der Waals surface area contributed by atoms with Crippen molar-refractivity contribution in [2.75, 3.05) is 13.6 Å². The van der Waals surface area contributed by atoms with Crippen LogP contribution in [0.2, 0.25) is 0 Å². The molecule has 13 heavy (non-hydrogen) atoms. The number of amides is 1. The van der Waals surface area contributed by atoms with E-state index < -0.39 is 5.97 Å². The van der Waals surface area contributed by atoms with Gasteiger partial charge in [-0.25, -0.2) is 0 Å². The molecule has 1 amide bonds. The molecule has 0 heterocycles.